The molecule has 0 spiro atoms. The van der Waals surface area contributed by atoms with Crippen molar-refractivity contribution in [3.05, 3.63) is 70.8 Å². The zero-order valence-corrected chi connectivity index (χ0v) is 28.7. The molecular weight excluding hydrogens is 644 g/mol. The highest BCUT2D eigenvalue weighted by molar-refractivity contribution is 7.98. The Balaban J connectivity index is 2.22. The minimum atomic E-state index is -1.18. The van der Waals surface area contributed by atoms with Crippen molar-refractivity contribution < 1.29 is 38.2 Å². The van der Waals surface area contributed by atoms with Gasteiger partial charge in [-0.3, -0.25) is 19.2 Å². The molecule has 0 unspecified atom stereocenters. The van der Waals surface area contributed by atoms with Gasteiger partial charge in [-0.15, -0.1) is 0 Å². The normalized spacial score (nSPS) is 14.4. The van der Waals surface area contributed by atoms with Crippen LogP contribution in [-0.4, -0.2) is 82.7 Å². The molecule has 5 atom stereocenters. The summed E-state index contributed by atoms with van der Waals surface area (Å²) in [6.07, 6.45) is 1.19. The molecule has 0 aliphatic carbocycles. The summed E-state index contributed by atoms with van der Waals surface area (Å²) in [6, 6.07) is 6.65. The number of carboxylic acids is 1. The van der Waals surface area contributed by atoms with Gasteiger partial charge < -0.3 is 37.2 Å². The zero-order valence-electron chi connectivity index (χ0n) is 27.9. The SMILES string of the molecule is CCc1cccc(CNC[C@H](O)[C@@H](Cc2cc(F)cc(F)c2)NC(=O)[C@H](CCSC)NC(=O)[C@@H](NC(=O)[C@H](N)CCC(=O)O)C(C)C)c1. The van der Waals surface area contributed by atoms with Crippen LogP contribution in [0.1, 0.15) is 56.7 Å². The number of amides is 3. The monoisotopic (exact) mass is 693 g/mol. The second-order valence-corrected chi connectivity index (χ2v) is 13.1. The van der Waals surface area contributed by atoms with Gasteiger partial charge in [0.05, 0.1) is 18.2 Å². The third kappa shape index (κ3) is 14.3. The predicted octanol–water partition coefficient (Wildman–Crippen LogP) is 2.28. The molecule has 11 nitrogen and oxygen atoms in total. The number of carbonyl (C=O) groups excluding carboxylic acids is 3. The van der Waals surface area contributed by atoms with Crippen LogP contribution in [0.15, 0.2) is 42.5 Å². The van der Waals surface area contributed by atoms with Gasteiger partial charge in [0, 0.05) is 25.6 Å². The predicted molar refractivity (Wildman–Crippen MR) is 182 cm³/mol. The number of aliphatic hydroxyl groups is 1. The number of halogens is 2. The summed E-state index contributed by atoms with van der Waals surface area (Å²) in [6.45, 7) is 5.92. The minimum absolute atomic E-state index is 0.0462. The molecule has 0 aliphatic heterocycles. The number of aliphatic carboxylic acids is 1. The van der Waals surface area contributed by atoms with Gasteiger partial charge in [-0.2, -0.15) is 11.8 Å². The van der Waals surface area contributed by atoms with Crippen molar-refractivity contribution >= 4 is 35.5 Å². The Hall–Kier alpha value is -3.59. The molecule has 0 saturated heterocycles. The number of rotatable bonds is 21. The average Bonchev–Trinajstić information content (AvgIpc) is 3.03. The van der Waals surface area contributed by atoms with E-state index >= 15 is 0 Å². The number of benzene rings is 2. The van der Waals surface area contributed by atoms with E-state index in [1.54, 1.807) is 13.8 Å². The Morgan fingerprint density at radius 2 is 1.56 bits per heavy atom. The van der Waals surface area contributed by atoms with Crippen LogP contribution in [-0.2, 0) is 38.6 Å². The number of nitrogens with one attached hydrogen (secondary N) is 4. The summed E-state index contributed by atoms with van der Waals surface area (Å²) in [7, 11) is 0. The van der Waals surface area contributed by atoms with Crippen LogP contribution in [0.3, 0.4) is 0 Å². The number of carboxylic acid groups (broad SMARTS) is 1. The first-order valence-corrected chi connectivity index (χ1v) is 17.4. The summed E-state index contributed by atoms with van der Waals surface area (Å²) < 4.78 is 28.1. The highest BCUT2D eigenvalue weighted by atomic mass is 32.2. The summed E-state index contributed by atoms with van der Waals surface area (Å²) in [5, 5.41) is 31.3. The lowest BCUT2D eigenvalue weighted by atomic mass is 9.99. The molecule has 3 amide bonds. The maximum Gasteiger partial charge on any atom is 0.303 e. The topological polar surface area (TPSA) is 183 Å². The summed E-state index contributed by atoms with van der Waals surface area (Å²) in [5.41, 5.74) is 8.21. The third-order valence-electron chi connectivity index (χ3n) is 7.75. The molecule has 2 rings (SSSR count). The van der Waals surface area contributed by atoms with Crippen molar-refractivity contribution in [1.82, 2.24) is 21.3 Å². The molecule has 0 aromatic heterocycles. The van der Waals surface area contributed by atoms with Gasteiger partial charge in [0.2, 0.25) is 17.7 Å². The Kier molecular flexibility index (Phi) is 17.5. The van der Waals surface area contributed by atoms with Gasteiger partial charge in [0.15, 0.2) is 0 Å². The van der Waals surface area contributed by atoms with Crippen LogP contribution in [0.25, 0.3) is 0 Å². The Labute approximate surface area is 285 Å². The highest BCUT2D eigenvalue weighted by Gasteiger charge is 2.32. The molecule has 0 saturated carbocycles. The van der Waals surface area contributed by atoms with E-state index < -0.39 is 71.5 Å². The molecule has 0 bridgehead atoms. The van der Waals surface area contributed by atoms with Crippen LogP contribution < -0.4 is 27.0 Å². The van der Waals surface area contributed by atoms with E-state index in [-0.39, 0.29) is 37.8 Å². The van der Waals surface area contributed by atoms with Crippen molar-refractivity contribution in [1.29, 1.82) is 0 Å². The lowest BCUT2D eigenvalue weighted by molar-refractivity contribution is -0.137. The van der Waals surface area contributed by atoms with E-state index in [1.165, 1.54) is 11.8 Å². The lowest BCUT2D eigenvalue weighted by Crippen LogP contribution is -2.59. The molecule has 266 valence electrons. The van der Waals surface area contributed by atoms with Gasteiger partial charge in [0.1, 0.15) is 23.7 Å². The molecule has 0 radical (unpaired) electrons. The molecule has 48 heavy (non-hydrogen) atoms. The lowest BCUT2D eigenvalue weighted by Gasteiger charge is -2.29. The van der Waals surface area contributed by atoms with Crippen molar-refractivity contribution in [3.8, 4) is 0 Å². The first kappa shape index (κ1) is 40.6. The summed E-state index contributed by atoms with van der Waals surface area (Å²) in [4.78, 5) is 50.6. The van der Waals surface area contributed by atoms with Crippen molar-refractivity contribution in [3.63, 3.8) is 0 Å². The van der Waals surface area contributed by atoms with E-state index in [0.717, 1.165) is 35.7 Å². The number of aryl methyl sites for hydroxylation is 1. The fraction of sp³-hybridized carbons (Fsp3) is 0.529. The smallest absolute Gasteiger partial charge is 0.303 e. The molecule has 0 heterocycles. The number of nitrogens with two attached hydrogens (primary N) is 1. The van der Waals surface area contributed by atoms with Gasteiger partial charge in [-0.25, -0.2) is 8.78 Å². The summed E-state index contributed by atoms with van der Waals surface area (Å²) >= 11 is 1.45. The van der Waals surface area contributed by atoms with E-state index in [1.807, 2.05) is 37.4 Å². The molecule has 8 N–H and O–H groups in total. The number of carbonyl (C=O) groups is 4. The van der Waals surface area contributed by atoms with Crippen molar-refractivity contribution in [2.45, 2.75) is 89.7 Å². The maximum atomic E-state index is 14.0. The van der Waals surface area contributed by atoms with Crippen molar-refractivity contribution in [2.75, 3.05) is 18.6 Å². The fourth-order valence-electron chi connectivity index (χ4n) is 4.99. The largest absolute Gasteiger partial charge is 0.481 e. The Morgan fingerprint density at radius 3 is 2.17 bits per heavy atom. The van der Waals surface area contributed by atoms with Gasteiger partial charge >= 0.3 is 5.97 Å². The maximum absolute atomic E-state index is 14.0. The number of aliphatic hydroxyl groups excluding tert-OH is 1. The van der Waals surface area contributed by atoms with Gasteiger partial charge in [-0.1, -0.05) is 45.0 Å². The van der Waals surface area contributed by atoms with Crippen LogP contribution in [0.2, 0.25) is 0 Å². The second kappa shape index (κ2) is 20.7. The quantitative estimate of drug-likeness (QED) is 0.103. The van der Waals surface area contributed by atoms with Crippen LogP contribution in [0.5, 0.6) is 0 Å². The zero-order chi connectivity index (χ0) is 35.8. The Bertz CT molecular complexity index is 1350. The highest BCUT2D eigenvalue weighted by Crippen LogP contribution is 2.14. The number of hydrogen-bond acceptors (Lipinski definition) is 8. The van der Waals surface area contributed by atoms with Gasteiger partial charge in [-0.05, 0) is 72.4 Å². The second-order valence-electron chi connectivity index (χ2n) is 12.1. The fourth-order valence-corrected chi connectivity index (χ4v) is 5.46. The molecular formula is C34H49F2N5O6S. The molecule has 0 aliphatic rings. The van der Waals surface area contributed by atoms with E-state index in [2.05, 4.69) is 21.3 Å². The molecule has 0 fully saturated rings. The van der Waals surface area contributed by atoms with E-state index in [4.69, 9.17) is 10.8 Å². The van der Waals surface area contributed by atoms with Gasteiger partial charge in [0.25, 0.3) is 0 Å². The molecule has 14 heteroatoms. The Morgan fingerprint density at radius 1 is 0.896 bits per heavy atom. The number of hydrogen-bond donors (Lipinski definition) is 7. The standard InChI is InChI=1S/C34H49F2N5O6S/c1-5-21-7-6-8-22(13-21)18-38-19-29(42)28(16-23-14-24(35)17-25(36)15-23)40-33(46)27(11-12-48-4)39-34(47)31(20(2)3)41-32(45)26(37)9-10-30(43)44/h6-8,13-15,17,20,26-29,31,38,42H,5,9-12,16,18-19,37H2,1-4H3,(H,39,47)(H,40,46)(H,41,45)(H,43,44)/t26-,27+,28-,29+,31+/m1/s1. The first-order valence-electron chi connectivity index (χ1n) is 16.0. The van der Waals surface area contributed by atoms with Crippen LogP contribution in [0, 0.1) is 17.6 Å². The van der Waals surface area contributed by atoms with E-state index in [9.17, 15) is 33.1 Å². The third-order valence-corrected chi connectivity index (χ3v) is 8.39. The summed E-state index contributed by atoms with van der Waals surface area (Å²) in [5.74, 6) is -4.60. The van der Waals surface area contributed by atoms with Crippen LogP contribution in [0.4, 0.5) is 8.78 Å². The van der Waals surface area contributed by atoms with Crippen LogP contribution >= 0.6 is 11.8 Å². The number of thioether (sulfide) groups is 1. The average molecular weight is 694 g/mol. The molecule has 2 aromatic carbocycles. The van der Waals surface area contributed by atoms with Crippen molar-refractivity contribution in [2.24, 2.45) is 11.7 Å². The minimum Gasteiger partial charge on any atom is -0.481 e. The first-order chi connectivity index (χ1) is 22.7. The molecule has 2 aromatic rings. The van der Waals surface area contributed by atoms with E-state index in [0.29, 0.717) is 12.3 Å².